The summed E-state index contributed by atoms with van der Waals surface area (Å²) in [5.74, 6) is -1.20. The minimum Gasteiger partial charge on any atom is -0.461 e. The summed E-state index contributed by atoms with van der Waals surface area (Å²) in [5, 5.41) is 15.8. The number of amides is 2. The SMILES string of the molecule is CO[C@@H]1/C=C/C=C/CNC(=O)/C2=C/C[C@@H](C)OC(=O)[C@@H](CS2)NC(=O)c2coc(n2)C[C@H](O)C1. The average molecular weight is 492 g/mol. The molecule has 3 heterocycles. The number of rotatable bonds is 1. The average Bonchev–Trinajstić information content (AvgIpc) is 3.28. The molecule has 1 aromatic heterocycles. The molecule has 0 spiro atoms. The van der Waals surface area contributed by atoms with Crippen molar-refractivity contribution in [2.45, 2.75) is 50.5 Å². The number of esters is 1. The van der Waals surface area contributed by atoms with Crippen LogP contribution in [-0.2, 0) is 25.5 Å². The highest BCUT2D eigenvalue weighted by atomic mass is 32.2. The fourth-order valence-electron chi connectivity index (χ4n) is 3.28. The number of carbonyl (C=O) groups excluding carboxylic acids is 3. The number of hydrogen-bond donors (Lipinski definition) is 3. The van der Waals surface area contributed by atoms with E-state index in [9.17, 15) is 19.5 Å². The largest absolute Gasteiger partial charge is 0.461 e. The number of cyclic esters (lactones) is 1. The van der Waals surface area contributed by atoms with Crippen LogP contribution in [0.4, 0.5) is 0 Å². The van der Waals surface area contributed by atoms with Gasteiger partial charge < -0.3 is 29.6 Å². The number of thioether (sulfide) groups is 1. The lowest BCUT2D eigenvalue weighted by molar-refractivity contribution is -0.149. The van der Waals surface area contributed by atoms with Crippen molar-refractivity contribution in [3.05, 3.63) is 53.1 Å². The van der Waals surface area contributed by atoms with Gasteiger partial charge in [-0.2, -0.15) is 0 Å². The Balaban J connectivity index is 1.84. The smallest absolute Gasteiger partial charge is 0.329 e. The molecule has 0 aromatic carbocycles. The second kappa shape index (κ2) is 12.5. The van der Waals surface area contributed by atoms with Crippen molar-refractivity contribution >= 4 is 29.5 Å². The van der Waals surface area contributed by atoms with E-state index in [2.05, 4.69) is 15.6 Å². The molecule has 2 aliphatic heterocycles. The first kappa shape index (κ1) is 25.7. The maximum absolute atomic E-state index is 12.7. The standard InChI is InChI=1S/C23H29N3O7S/c1-14-7-8-19-22(29)24-9-5-3-4-6-16(31-2)10-15(27)11-20-25-17(12-32-20)21(28)26-18(13-34-19)23(30)33-14/h3-6,8,12,14-16,18,27H,7,9-11,13H2,1-2H3,(H,24,29)(H,26,28)/b5-3+,6-4+,19-8-/t14-,15-,16-,18-/m1/s1. The number of allylic oxidation sites excluding steroid dienone is 2. The predicted octanol–water partition coefficient (Wildman–Crippen LogP) is 1.28. The van der Waals surface area contributed by atoms with Crippen LogP contribution >= 0.6 is 11.8 Å². The molecular weight excluding hydrogens is 462 g/mol. The summed E-state index contributed by atoms with van der Waals surface area (Å²) >= 11 is 1.17. The maximum Gasteiger partial charge on any atom is 0.329 e. The molecular formula is C23H29N3O7S. The lowest BCUT2D eigenvalue weighted by atomic mass is 10.1. The highest BCUT2D eigenvalue weighted by molar-refractivity contribution is 8.04. The van der Waals surface area contributed by atoms with Gasteiger partial charge >= 0.3 is 5.97 Å². The maximum atomic E-state index is 12.7. The zero-order valence-corrected chi connectivity index (χ0v) is 19.9. The Labute approximate surface area is 201 Å². The Morgan fingerprint density at radius 1 is 1.24 bits per heavy atom. The molecule has 3 N–H and O–H groups in total. The molecule has 1 aromatic rings. The number of nitrogens with one attached hydrogen (secondary N) is 2. The van der Waals surface area contributed by atoms with Gasteiger partial charge in [0.05, 0.1) is 23.5 Å². The quantitative estimate of drug-likeness (QED) is 0.496. The van der Waals surface area contributed by atoms with Crippen LogP contribution < -0.4 is 10.6 Å². The van der Waals surface area contributed by atoms with Gasteiger partial charge in [0.1, 0.15) is 18.4 Å². The van der Waals surface area contributed by atoms with Crippen LogP contribution in [-0.4, -0.2) is 71.6 Å². The number of oxazole rings is 1. The summed E-state index contributed by atoms with van der Waals surface area (Å²) in [6.45, 7) is 2.02. The van der Waals surface area contributed by atoms with E-state index in [0.29, 0.717) is 24.3 Å². The van der Waals surface area contributed by atoms with E-state index in [0.717, 1.165) is 0 Å². The molecule has 184 valence electrons. The highest BCUT2D eigenvalue weighted by Gasteiger charge is 2.28. The first-order valence-corrected chi connectivity index (χ1v) is 12.0. The van der Waals surface area contributed by atoms with Gasteiger partial charge in [-0.05, 0) is 6.92 Å². The van der Waals surface area contributed by atoms with Crippen LogP contribution in [0.2, 0.25) is 0 Å². The molecule has 0 fully saturated rings. The van der Waals surface area contributed by atoms with Crippen molar-refractivity contribution in [3.8, 4) is 0 Å². The fourth-order valence-corrected chi connectivity index (χ4v) is 4.26. The van der Waals surface area contributed by atoms with E-state index in [1.54, 1.807) is 37.3 Å². The Hall–Kier alpha value is -2.89. The van der Waals surface area contributed by atoms with Crippen molar-refractivity contribution in [1.82, 2.24) is 15.6 Å². The molecule has 4 bridgehead atoms. The summed E-state index contributed by atoms with van der Waals surface area (Å²) in [5.41, 5.74) is -0.0239. The molecule has 0 unspecified atom stereocenters. The topological polar surface area (TPSA) is 140 Å². The van der Waals surface area contributed by atoms with Gasteiger partial charge in [-0.15, -0.1) is 11.8 Å². The van der Waals surface area contributed by atoms with Crippen molar-refractivity contribution in [3.63, 3.8) is 0 Å². The second-order valence-electron chi connectivity index (χ2n) is 7.91. The van der Waals surface area contributed by atoms with Crippen molar-refractivity contribution in [2.75, 3.05) is 19.4 Å². The summed E-state index contributed by atoms with van der Waals surface area (Å²) in [6.07, 6.45) is 9.17. The van der Waals surface area contributed by atoms with E-state index < -0.39 is 30.1 Å². The summed E-state index contributed by atoms with van der Waals surface area (Å²) in [6, 6.07) is -0.988. The molecule has 0 radical (unpaired) electrons. The van der Waals surface area contributed by atoms with Gasteiger partial charge in [-0.25, -0.2) is 9.78 Å². The highest BCUT2D eigenvalue weighted by Crippen LogP contribution is 2.22. The third-order valence-electron chi connectivity index (χ3n) is 5.13. The third-order valence-corrected chi connectivity index (χ3v) is 6.29. The van der Waals surface area contributed by atoms with Gasteiger partial charge in [0.15, 0.2) is 11.6 Å². The van der Waals surface area contributed by atoms with Crippen LogP contribution in [0, 0.1) is 0 Å². The van der Waals surface area contributed by atoms with Gasteiger partial charge in [0.2, 0.25) is 0 Å². The third kappa shape index (κ3) is 7.57. The lowest BCUT2D eigenvalue weighted by Gasteiger charge is -2.18. The van der Waals surface area contributed by atoms with Gasteiger partial charge in [0.25, 0.3) is 11.8 Å². The first-order chi connectivity index (χ1) is 16.4. The molecule has 0 saturated heterocycles. The number of carbonyl (C=O) groups is 3. The molecule has 0 aliphatic carbocycles. The molecule has 4 atom stereocenters. The van der Waals surface area contributed by atoms with E-state index >= 15 is 0 Å². The van der Waals surface area contributed by atoms with Gasteiger partial charge in [0, 0.05) is 32.2 Å². The molecule has 2 aliphatic rings. The summed E-state index contributed by atoms with van der Waals surface area (Å²) in [4.78, 5) is 42.5. The lowest BCUT2D eigenvalue weighted by Crippen LogP contribution is -2.44. The summed E-state index contributed by atoms with van der Waals surface area (Å²) in [7, 11) is 1.54. The Kier molecular flexibility index (Phi) is 9.49. The van der Waals surface area contributed by atoms with Crippen LogP contribution in [0.5, 0.6) is 0 Å². The molecule has 2 amide bonds. The number of aliphatic hydroxyl groups is 1. The zero-order valence-electron chi connectivity index (χ0n) is 19.1. The number of hydrogen-bond acceptors (Lipinski definition) is 9. The number of methoxy groups -OCH3 is 1. The zero-order chi connectivity index (χ0) is 24.5. The van der Waals surface area contributed by atoms with E-state index in [1.807, 2.05) is 0 Å². The number of aliphatic hydroxyl groups excluding tert-OH is 1. The fraction of sp³-hybridized carbons (Fsp3) is 0.478. The van der Waals surface area contributed by atoms with Crippen molar-refractivity contribution < 1.29 is 33.4 Å². The molecule has 11 heteroatoms. The minimum atomic E-state index is -0.988. The van der Waals surface area contributed by atoms with Crippen LogP contribution in [0.25, 0.3) is 0 Å². The normalized spacial score (nSPS) is 30.9. The van der Waals surface area contributed by atoms with Crippen LogP contribution in [0.1, 0.15) is 36.1 Å². The van der Waals surface area contributed by atoms with Gasteiger partial charge in [-0.3, -0.25) is 9.59 Å². The monoisotopic (exact) mass is 491 g/mol. The molecule has 0 saturated carbocycles. The molecule has 10 nitrogen and oxygen atoms in total. The second-order valence-corrected chi connectivity index (χ2v) is 8.97. The number of nitrogens with zero attached hydrogens (tertiary/aromatic N) is 1. The van der Waals surface area contributed by atoms with Crippen molar-refractivity contribution in [2.24, 2.45) is 0 Å². The van der Waals surface area contributed by atoms with E-state index in [-0.39, 0.29) is 35.8 Å². The number of aromatic nitrogens is 1. The molecule has 34 heavy (non-hydrogen) atoms. The Morgan fingerprint density at radius 2 is 2.06 bits per heavy atom. The Morgan fingerprint density at radius 3 is 2.85 bits per heavy atom. The number of fused-ring (bicyclic) bond motifs is 5. The first-order valence-electron chi connectivity index (χ1n) is 11.0. The van der Waals surface area contributed by atoms with Crippen LogP contribution in [0.3, 0.4) is 0 Å². The number of ether oxygens (including phenoxy) is 2. The van der Waals surface area contributed by atoms with Crippen molar-refractivity contribution in [1.29, 1.82) is 0 Å². The minimum absolute atomic E-state index is 0.0239. The predicted molar refractivity (Wildman–Crippen MR) is 125 cm³/mol. The molecule has 3 rings (SSSR count). The van der Waals surface area contributed by atoms with E-state index in [1.165, 1.54) is 25.1 Å². The van der Waals surface area contributed by atoms with Crippen LogP contribution in [0.15, 0.2) is 46.0 Å². The Bertz CT molecular complexity index is 972. The van der Waals surface area contributed by atoms with Gasteiger partial charge in [-0.1, -0.05) is 30.4 Å². The summed E-state index contributed by atoms with van der Waals surface area (Å²) < 4.78 is 16.1. The van der Waals surface area contributed by atoms with E-state index in [4.69, 9.17) is 13.9 Å².